The zero-order valence-corrected chi connectivity index (χ0v) is 18.2. The third kappa shape index (κ3) is 3.81. The number of hydrogen-bond donors (Lipinski definition) is 1. The topological polar surface area (TPSA) is 90.0 Å². The molecule has 3 heterocycles. The Bertz CT molecular complexity index is 1290. The van der Waals surface area contributed by atoms with Crippen molar-refractivity contribution in [3.8, 4) is 22.0 Å². The summed E-state index contributed by atoms with van der Waals surface area (Å²) < 4.78 is 34.9. The fourth-order valence-electron chi connectivity index (χ4n) is 2.90. The molecule has 1 aromatic carbocycles. The van der Waals surface area contributed by atoms with Crippen molar-refractivity contribution in [1.29, 1.82) is 0 Å². The van der Waals surface area contributed by atoms with Crippen LogP contribution in [0.2, 0.25) is 5.02 Å². The lowest BCUT2D eigenvalue weighted by molar-refractivity contribution is 0.400. The normalized spacial score (nSPS) is 11.7. The predicted octanol–water partition coefficient (Wildman–Crippen LogP) is 4.87. The summed E-state index contributed by atoms with van der Waals surface area (Å²) >= 11 is 7.40. The number of sulfonamides is 1. The largest absolute Gasteiger partial charge is 0.360 e. The number of benzene rings is 1. The Morgan fingerprint density at radius 3 is 2.55 bits per heavy atom. The van der Waals surface area contributed by atoms with Gasteiger partial charge in [-0.3, -0.25) is 4.72 Å². The number of nitrogens with one attached hydrogen (secondary N) is 1. The molecule has 0 saturated carbocycles. The van der Waals surface area contributed by atoms with Crippen molar-refractivity contribution >= 4 is 38.8 Å². The molecule has 0 saturated heterocycles. The summed E-state index contributed by atoms with van der Waals surface area (Å²) in [5, 5.41) is 7.01. The minimum Gasteiger partial charge on any atom is -0.360 e. The van der Waals surface area contributed by atoms with E-state index in [0.29, 0.717) is 22.2 Å². The van der Waals surface area contributed by atoms with Gasteiger partial charge in [-0.25, -0.2) is 13.4 Å². The van der Waals surface area contributed by atoms with Crippen molar-refractivity contribution in [3.05, 3.63) is 58.3 Å². The Labute approximate surface area is 177 Å². The number of aryl methyl sites for hydroxylation is 1. The van der Waals surface area contributed by atoms with Crippen molar-refractivity contribution in [2.24, 2.45) is 7.05 Å². The second kappa shape index (κ2) is 7.33. The van der Waals surface area contributed by atoms with Crippen molar-refractivity contribution < 1.29 is 12.9 Å². The van der Waals surface area contributed by atoms with Crippen LogP contribution in [0.15, 0.2) is 51.2 Å². The molecule has 7 nitrogen and oxygen atoms in total. The van der Waals surface area contributed by atoms with E-state index in [4.69, 9.17) is 16.1 Å². The minimum absolute atomic E-state index is 0.145. The number of halogens is 1. The maximum atomic E-state index is 12.9. The van der Waals surface area contributed by atoms with Gasteiger partial charge in [-0.15, -0.1) is 11.3 Å². The van der Waals surface area contributed by atoms with E-state index in [9.17, 15) is 8.42 Å². The Morgan fingerprint density at radius 1 is 1.17 bits per heavy atom. The molecule has 3 aromatic heterocycles. The summed E-state index contributed by atoms with van der Waals surface area (Å²) in [6.07, 6.45) is 0. The standard InChI is InChI=1S/C19H17ClN4O3S2/c1-11-8-18(22-27-11)23-29(25,26)17-9-16(24(3)12(17)2)19-21-15(10-28-19)13-4-6-14(20)7-5-13/h4-10H,1-3H3,(H,22,23). The molecule has 1 N–H and O–H groups in total. The van der Waals surface area contributed by atoms with Crippen LogP contribution in [-0.2, 0) is 17.1 Å². The maximum Gasteiger partial charge on any atom is 0.264 e. The van der Waals surface area contributed by atoms with Gasteiger partial charge in [0.2, 0.25) is 0 Å². The highest BCUT2D eigenvalue weighted by molar-refractivity contribution is 7.92. The number of thiazole rings is 1. The van der Waals surface area contributed by atoms with Crippen molar-refractivity contribution in [2.75, 3.05) is 4.72 Å². The van der Waals surface area contributed by atoms with Crippen LogP contribution in [0.4, 0.5) is 5.82 Å². The fourth-order valence-corrected chi connectivity index (χ4v) is 5.18. The van der Waals surface area contributed by atoms with Crippen LogP contribution in [-0.4, -0.2) is 23.1 Å². The van der Waals surface area contributed by atoms with Gasteiger partial charge >= 0.3 is 0 Å². The van der Waals surface area contributed by atoms with Crippen LogP contribution < -0.4 is 4.72 Å². The molecule has 0 bridgehead atoms. The molecule has 0 spiro atoms. The van der Waals surface area contributed by atoms with E-state index < -0.39 is 10.0 Å². The van der Waals surface area contributed by atoms with Gasteiger partial charge in [-0.1, -0.05) is 28.9 Å². The lowest BCUT2D eigenvalue weighted by Gasteiger charge is -2.05. The lowest BCUT2D eigenvalue weighted by atomic mass is 10.2. The van der Waals surface area contributed by atoms with E-state index in [0.717, 1.165) is 16.3 Å². The first kappa shape index (κ1) is 19.7. The van der Waals surface area contributed by atoms with E-state index in [1.54, 1.807) is 19.9 Å². The fraction of sp³-hybridized carbons (Fsp3) is 0.158. The molecule has 0 aliphatic carbocycles. The maximum absolute atomic E-state index is 12.9. The summed E-state index contributed by atoms with van der Waals surface area (Å²) in [6, 6.07) is 10.6. The SMILES string of the molecule is Cc1cc(NS(=O)(=O)c2cc(-c3nc(-c4ccc(Cl)cc4)cs3)n(C)c2C)no1. The Kier molecular flexibility index (Phi) is 4.97. The molecule has 0 aliphatic heterocycles. The molecule has 150 valence electrons. The lowest BCUT2D eigenvalue weighted by Crippen LogP contribution is -2.14. The quantitative estimate of drug-likeness (QED) is 0.470. The number of nitrogens with zero attached hydrogens (tertiary/aromatic N) is 3. The average molecular weight is 449 g/mol. The highest BCUT2D eigenvalue weighted by Gasteiger charge is 2.24. The molecule has 4 rings (SSSR count). The van der Waals surface area contributed by atoms with E-state index in [2.05, 4.69) is 14.9 Å². The molecular weight excluding hydrogens is 432 g/mol. The molecule has 0 aliphatic rings. The highest BCUT2D eigenvalue weighted by atomic mass is 35.5. The van der Waals surface area contributed by atoms with E-state index in [1.165, 1.54) is 17.4 Å². The van der Waals surface area contributed by atoms with Crippen molar-refractivity contribution in [1.82, 2.24) is 14.7 Å². The molecule has 0 fully saturated rings. The first-order valence-corrected chi connectivity index (χ1v) is 11.3. The Morgan fingerprint density at radius 2 is 1.90 bits per heavy atom. The Balaban J connectivity index is 1.69. The van der Waals surface area contributed by atoms with Crippen molar-refractivity contribution in [3.63, 3.8) is 0 Å². The second-order valence-corrected chi connectivity index (χ2v) is 9.46. The third-order valence-corrected chi connectivity index (χ3v) is 7.10. The van der Waals surface area contributed by atoms with Gasteiger partial charge in [0.05, 0.1) is 11.4 Å². The number of rotatable bonds is 5. The zero-order chi connectivity index (χ0) is 20.8. The number of hydrogen-bond acceptors (Lipinski definition) is 6. The zero-order valence-electron chi connectivity index (χ0n) is 15.8. The molecule has 10 heteroatoms. The second-order valence-electron chi connectivity index (χ2n) is 6.51. The van der Waals surface area contributed by atoms with Crippen LogP contribution in [0, 0.1) is 13.8 Å². The average Bonchev–Trinajstić information content (AvgIpc) is 3.37. The van der Waals surface area contributed by atoms with Gasteiger partial charge in [0.15, 0.2) is 5.82 Å². The van der Waals surface area contributed by atoms with Gasteiger partial charge in [-0.05, 0) is 32.0 Å². The van der Waals surface area contributed by atoms with Crippen LogP contribution in [0.3, 0.4) is 0 Å². The van der Waals surface area contributed by atoms with Gasteiger partial charge in [0, 0.05) is 34.8 Å². The first-order valence-electron chi connectivity index (χ1n) is 8.59. The van der Waals surface area contributed by atoms with E-state index in [1.807, 2.05) is 41.3 Å². The smallest absolute Gasteiger partial charge is 0.264 e. The Hall–Kier alpha value is -2.62. The molecular formula is C19H17ClN4O3S2. The molecule has 4 aromatic rings. The monoisotopic (exact) mass is 448 g/mol. The first-order chi connectivity index (χ1) is 13.7. The van der Waals surface area contributed by atoms with Gasteiger partial charge in [-0.2, -0.15) is 0 Å². The van der Waals surface area contributed by atoms with Crippen LogP contribution in [0.25, 0.3) is 22.0 Å². The van der Waals surface area contributed by atoms with Gasteiger partial charge in [0.1, 0.15) is 15.7 Å². The highest BCUT2D eigenvalue weighted by Crippen LogP contribution is 2.33. The number of aromatic nitrogens is 3. The summed E-state index contributed by atoms with van der Waals surface area (Å²) in [4.78, 5) is 4.84. The number of anilines is 1. The van der Waals surface area contributed by atoms with Crippen LogP contribution in [0.5, 0.6) is 0 Å². The molecule has 0 radical (unpaired) electrons. The van der Waals surface area contributed by atoms with E-state index in [-0.39, 0.29) is 10.7 Å². The summed E-state index contributed by atoms with van der Waals surface area (Å²) in [6.45, 7) is 3.44. The third-order valence-electron chi connectivity index (χ3n) is 4.51. The molecule has 29 heavy (non-hydrogen) atoms. The molecule has 0 atom stereocenters. The van der Waals surface area contributed by atoms with E-state index >= 15 is 0 Å². The summed E-state index contributed by atoms with van der Waals surface area (Å²) in [7, 11) is -2.01. The molecule has 0 unspecified atom stereocenters. The summed E-state index contributed by atoms with van der Waals surface area (Å²) in [5.74, 6) is 0.664. The van der Waals surface area contributed by atoms with Gasteiger partial charge < -0.3 is 9.09 Å². The van der Waals surface area contributed by atoms with Crippen LogP contribution in [0.1, 0.15) is 11.5 Å². The van der Waals surface area contributed by atoms with Crippen molar-refractivity contribution in [2.45, 2.75) is 18.7 Å². The molecule has 0 amide bonds. The predicted molar refractivity (Wildman–Crippen MR) is 114 cm³/mol. The van der Waals surface area contributed by atoms with Crippen LogP contribution >= 0.6 is 22.9 Å². The minimum atomic E-state index is -3.82. The summed E-state index contributed by atoms with van der Waals surface area (Å²) in [5.41, 5.74) is 3.06. The van der Waals surface area contributed by atoms with Gasteiger partial charge in [0.25, 0.3) is 10.0 Å².